The van der Waals surface area contributed by atoms with Gasteiger partial charge in [0.15, 0.2) is 0 Å². The zero-order chi connectivity index (χ0) is 15.4. The van der Waals surface area contributed by atoms with E-state index < -0.39 is 4.92 Å². The Kier molecular flexibility index (Phi) is 4.85. The Morgan fingerprint density at radius 2 is 2.05 bits per heavy atom. The predicted octanol–water partition coefficient (Wildman–Crippen LogP) is 3.77. The number of benzene rings is 2. The highest BCUT2D eigenvalue weighted by atomic mass is 35.5. The Labute approximate surface area is 130 Å². The third-order valence-corrected chi connectivity index (χ3v) is 3.53. The molecule has 0 unspecified atom stereocenters. The number of nitrogens with zero attached hydrogens (tertiary/aromatic N) is 1. The Bertz CT molecular complexity index is 680. The smallest absolute Gasteiger partial charge is 0.294 e. The number of nitrogens with one attached hydrogen (secondary N) is 1. The summed E-state index contributed by atoms with van der Waals surface area (Å²) in [5.74, 6) is 5.63. The van der Waals surface area contributed by atoms with Crippen molar-refractivity contribution < 1.29 is 9.66 Å². The first-order valence-corrected chi connectivity index (χ1v) is 6.59. The molecule has 0 aliphatic rings. The van der Waals surface area contributed by atoms with Crippen molar-refractivity contribution in [2.75, 3.05) is 5.43 Å². The zero-order valence-corrected chi connectivity index (χ0v) is 12.2. The monoisotopic (exact) mass is 327 g/mol. The van der Waals surface area contributed by atoms with Crippen LogP contribution in [0.2, 0.25) is 10.0 Å². The molecule has 0 fully saturated rings. The Hall–Kier alpha value is -2.02. The lowest BCUT2D eigenvalue weighted by Gasteiger charge is -2.09. The molecule has 2 rings (SSSR count). The van der Waals surface area contributed by atoms with Crippen molar-refractivity contribution in [2.24, 2.45) is 5.84 Å². The molecule has 0 amide bonds. The van der Waals surface area contributed by atoms with E-state index in [0.29, 0.717) is 21.4 Å². The summed E-state index contributed by atoms with van der Waals surface area (Å²) in [5.41, 5.74) is 2.98. The van der Waals surface area contributed by atoms with Gasteiger partial charge < -0.3 is 10.2 Å². The molecule has 0 heterocycles. The molecule has 0 radical (unpaired) electrons. The summed E-state index contributed by atoms with van der Waals surface area (Å²) in [6, 6.07) is 9.57. The lowest BCUT2D eigenvalue weighted by Crippen LogP contribution is -2.09. The molecule has 2 aromatic carbocycles. The Balaban J connectivity index is 2.19. The minimum atomic E-state index is -0.523. The molecule has 0 saturated carbocycles. The van der Waals surface area contributed by atoms with Crippen molar-refractivity contribution >= 4 is 34.6 Å². The van der Waals surface area contributed by atoms with Crippen LogP contribution in [-0.2, 0) is 6.61 Å². The average molecular weight is 328 g/mol. The van der Waals surface area contributed by atoms with Crippen molar-refractivity contribution in [3.8, 4) is 5.75 Å². The number of hydrazine groups is 1. The second kappa shape index (κ2) is 6.62. The van der Waals surface area contributed by atoms with E-state index in [0.717, 1.165) is 0 Å². The third-order valence-electron chi connectivity index (χ3n) is 2.72. The molecule has 0 atom stereocenters. The van der Waals surface area contributed by atoms with Crippen molar-refractivity contribution in [3.05, 3.63) is 62.1 Å². The number of anilines is 1. The van der Waals surface area contributed by atoms with Crippen LogP contribution >= 0.6 is 23.2 Å². The second-order valence-electron chi connectivity index (χ2n) is 4.09. The quantitative estimate of drug-likeness (QED) is 0.495. The Morgan fingerprint density at radius 3 is 2.71 bits per heavy atom. The number of nitro groups is 1. The van der Waals surface area contributed by atoms with E-state index in [1.54, 1.807) is 24.3 Å². The molecule has 2 aromatic rings. The van der Waals surface area contributed by atoms with Crippen LogP contribution in [-0.4, -0.2) is 4.92 Å². The van der Waals surface area contributed by atoms with Crippen LogP contribution in [0.5, 0.6) is 5.75 Å². The molecule has 0 saturated heterocycles. The maximum absolute atomic E-state index is 10.9. The summed E-state index contributed by atoms with van der Waals surface area (Å²) >= 11 is 11.9. The normalized spacial score (nSPS) is 10.2. The lowest BCUT2D eigenvalue weighted by atomic mass is 10.2. The summed E-state index contributed by atoms with van der Waals surface area (Å²) in [7, 11) is 0. The van der Waals surface area contributed by atoms with Crippen LogP contribution in [0.1, 0.15) is 5.56 Å². The number of ether oxygens (including phenoxy) is 1. The first-order chi connectivity index (χ1) is 10.0. The van der Waals surface area contributed by atoms with E-state index in [1.165, 1.54) is 12.1 Å². The maximum atomic E-state index is 10.9. The first-order valence-electron chi connectivity index (χ1n) is 5.83. The van der Waals surface area contributed by atoms with Gasteiger partial charge in [0.05, 0.1) is 9.95 Å². The van der Waals surface area contributed by atoms with Gasteiger partial charge in [-0.05, 0) is 23.8 Å². The number of hydrogen-bond donors (Lipinski definition) is 2. The van der Waals surface area contributed by atoms with Crippen molar-refractivity contribution in [1.82, 2.24) is 0 Å². The third kappa shape index (κ3) is 3.55. The van der Waals surface area contributed by atoms with Gasteiger partial charge in [0.1, 0.15) is 23.1 Å². The van der Waals surface area contributed by atoms with E-state index in [4.69, 9.17) is 33.8 Å². The minimum absolute atomic E-state index is 0.117. The molecular weight excluding hydrogens is 317 g/mol. The summed E-state index contributed by atoms with van der Waals surface area (Å²) in [6.07, 6.45) is 0. The Morgan fingerprint density at radius 1 is 1.29 bits per heavy atom. The SMILES string of the molecule is NNc1ccc(COc2cccc(Cl)c2Cl)cc1[N+](=O)[O-]. The standard InChI is InChI=1S/C13H11Cl2N3O3/c14-9-2-1-3-12(13(9)15)21-7-8-4-5-10(17-16)11(6-8)18(19)20/h1-6,17H,7,16H2. The molecule has 110 valence electrons. The minimum Gasteiger partial charge on any atom is -0.487 e. The number of hydrogen-bond acceptors (Lipinski definition) is 5. The molecule has 6 nitrogen and oxygen atoms in total. The number of nitro benzene ring substituents is 1. The molecule has 3 N–H and O–H groups in total. The molecular formula is C13H11Cl2N3O3. The highest BCUT2D eigenvalue weighted by Crippen LogP contribution is 2.32. The van der Waals surface area contributed by atoms with Crippen molar-refractivity contribution in [1.29, 1.82) is 0 Å². The molecule has 0 aliphatic heterocycles. The maximum Gasteiger partial charge on any atom is 0.294 e. The van der Waals surface area contributed by atoms with Gasteiger partial charge in [-0.2, -0.15) is 0 Å². The van der Waals surface area contributed by atoms with Gasteiger partial charge in [0.25, 0.3) is 5.69 Å². The van der Waals surface area contributed by atoms with Gasteiger partial charge >= 0.3 is 0 Å². The highest BCUT2D eigenvalue weighted by molar-refractivity contribution is 6.42. The fourth-order valence-corrected chi connectivity index (χ4v) is 2.04. The van der Waals surface area contributed by atoms with Crippen LogP contribution in [0.15, 0.2) is 36.4 Å². The average Bonchev–Trinajstić information content (AvgIpc) is 2.48. The fraction of sp³-hybridized carbons (Fsp3) is 0.0769. The molecule has 0 spiro atoms. The van der Waals surface area contributed by atoms with E-state index in [2.05, 4.69) is 5.43 Å². The van der Waals surface area contributed by atoms with E-state index in [-0.39, 0.29) is 18.0 Å². The fourth-order valence-electron chi connectivity index (χ4n) is 1.70. The van der Waals surface area contributed by atoms with E-state index in [9.17, 15) is 10.1 Å². The summed E-state index contributed by atoms with van der Waals surface area (Å²) in [4.78, 5) is 10.4. The van der Waals surface area contributed by atoms with Crippen LogP contribution in [0.25, 0.3) is 0 Å². The number of rotatable bonds is 5. The van der Waals surface area contributed by atoms with Crippen LogP contribution in [0.3, 0.4) is 0 Å². The highest BCUT2D eigenvalue weighted by Gasteiger charge is 2.14. The number of nitrogen functional groups attached to an aromatic ring is 1. The topological polar surface area (TPSA) is 90.4 Å². The van der Waals surface area contributed by atoms with Gasteiger partial charge in [-0.15, -0.1) is 0 Å². The summed E-state index contributed by atoms with van der Waals surface area (Å²) in [6.45, 7) is 0.117. The largest absolute Gasteiger partial charge is 0.487 e. The van der Waals surface area contributed by atoms with Crippen molar-refractivity contribution in [3.63, 3.8) is 0 Å². The summed E-state index contributed by atoms with van der Waals surface area (Å²) < 4.78 is 5.52. The van der Waals surface area contributed by atoms with Gasteiger partial charge in [0, 0.05) is 6.07 Å². The van der Waals surface area contributed by atoms with Crippen LogP contribution < -0.4 is 16.0 Å². The molecule has 0 aliphatic carbocycles. The van der Waals surface area contributed by atoms with Crippen LogP contribution in [0, 0.1) is 10.1 Å². The van der Waals surface area contributed by atoms with E-state index in [1.807, 2.05) is 0 Å². The van der Waals surface area contributed by atoms with Crippen LogP contribution in [0.4, 0.5) is 11.4 Å². The van der Waals surface area contributed by atoms with E-state index >= 15 is 0 Å². The number of nitrogens with two attached hydrogens (primary N) is 1. The predicted molar refractivity (Wildman–Crippen MR) is 81.7 cm³/mol. The first kappa shape index (κ1) is 15.4. The van der Waals surface area contributed by atoms with Crippen molar-refractivity contribution in [2.45, 2.75) is 6.61 Å². The molecule has 0 bridgehead atoms. The second-order valence-corrected chi connectivity index (χ2v) is 4.88. The van der Waals surface area contributed by atoms with Gasteiger partial charge in [-0.25, -0.2) is 0 Å². The molecule has 0 aromatic heterocycles. The lowest BCUT2D eigenvalue weighted by molar-refractivity contribution is -0.384. The number of halogens is 2. The molecule has 21 heavy (non-hydrogen) atoms. The van der Waals surface area contributed by atoms with Gasteiger partial charge in [-0.1, -0.05) is 35.3 Å². The summed E-state index contributed by atoms with van der Waals surface area (Å²) in [5, 5.41) is 11.6. The molecule has 8 heteroatoms. The van der Waals surface area contributed by atoms with Gasteiger partial charge in [-0.3, -0.25) is 16.0 Å². The zero-order valence-electron chi connectivity index (χ0n) is 10.7. The van der Waals surface area contributed by atoms with Gasteiger partial charge in [0.2, 0.25) is 0 Å².